The Morgan fingerprint density at radius 1 is 1.00 bits per heavy atom. The molecule has 0 bridgehead atoms. The molecule has 6 heteroatoms. The highest BCUT2D eigenvalue weighted by Gasteiger charge is 2.30. The van der Waals surface area contributed by atoms with Crippen LogP contribution in [0, 0.1) is 0 Å². The molecule has 2 rings (SSSR count). The number of rotatable bonds is 3. The fourth-order valence-electron chi connectivity index (χ4n) is 1.68. The number of hydrogen-bond acceptors (Lipinski definition) is 1. The van der Waals surface area contributed by atoms with Crippen molar-refractivity contribution >= 4 is 28.9 Å². The fourth-order valence-corrected chi connectivity index (χ4v) is 2.08. The van der Waals surface area contributed by atoms with Gasteiger partial charge in [0, 0.05) is 11.6 Å². The van der Waals surface area contributed by atoms with Crippen molar-refractivity contribution in [3.8, 4) is 0 Å². The third kappa shape index (κ3) is 3.81. The van der Waals surface area contributed by atoms with Gasteiger partial charge in [-0.1, -0.05) is 35.3 Å². The molecule has 0 aliphatic heterocycles. The van der Waals surface area contributed by atoms with E-state index in [-0.39, 0.29) is 10.7 Å². The number of halogens is 5. The van der Waals surface area contributed by atoms with Crippen molar-refractivity contribution in [2.75, 3.05) is 5.32 Å². The second kappa shape index (κ2) is 5.94. The molecule has 0 heterocycles. The van der Waals surface area contributed by atoms with Gasteiger partial charge in [0.25, 0.3) is 0 Å². The molecule has 20 heavy (non-hydrogen) atoms. The van der Waals surface area contributed by atoms with Gasteiger partial charge in [0.15, 0.2) is 0 Å². The Morgan fingerprint density at radius 2 is 1.75 bits per heavy atom. The van der Waals surface area contributed by atoms with E-state index in [0.717, 1.165) is 17.7 Å². The summed E-state index contributed by atoms with van der Waals surface area (Å²) in [6, 6.07) is 10.2. The molecule has 0 saturated heterocycles. The minimum atomic E-state index is -4.39. The predicted octanol–water partition coefficient (Wildman–Crippen LogP) is 5.62. The van der Waals surface area contributed by atoms with Crippen molar-refractivity contribution in [1.29, 1.82) is 0 Å². The van der Waals surface area contributed by atoms with Crippen molar-refractivity contribution in [1.82, 2.24) is 0 Å². The Morgan fingerprint density at radius 3 is 2.40 bits per heavy atom. The molecule has 0 fully saturated rings. The summed E-state index contributed by atoms with van der Waals surface area (Å²) < 4.78 is 37.9. The zero-order chi connectivity index (χ0) is 14.8. The first kappa shape index (κ1) is 15.0. The Labute approximate surface area is 124 Å². The van der Waals surface area contributed by atoms with E-state index in [9.17, 15) is 13.2 Å². The fraction of sp³-hybridized carbons (Fsp3) is 0.143. The molecular weight excluding hydrogens is 310 g/mol. The molecule has 0 spiro atoms. The van der Waals surface area contributed by atoms with Crippen LogP contribution in [-0.4, -0.2) is 0 Å². The molecule has 0 unspecified atom stereocenters. The van der Waals surface area contributed by atoms with Crippen molar-refractivity contribution in [2.24, 2.45) is 0 Å². The lowest BCUT2D eigenvalue weighted by Crippen LogP contribution is -2.07. The molecule has 0 saturated carbocycles. The largest absolute Gasteiger partial charge is 0.416 e. The highest BCUT2D eigenvalue weighted by atomic mass is 35.5. The molecule has 0 amide bonds. The first-order valence-corrected chi connectivity index (χ1v) is 6.47. The molecule has 0 aliphatic rings. The maximum absolute atomic E-state index is 12.6. The van der Waals surface area contributed by atoms with E-state index < -0.39 is 11.7 Å². The molecule has 0 aliphatic carbocycles. The lowest BCUT2D eigenvalue weighted by atomic mass is 10.1. The van der Waals surface area contributed by atoms with Crippen LogP contribution in [0.25, 0.3) is 0 Å². The van der Waals surface area contributed by atoms with E-state index in [1.165, 1.54) is 6.07 Å². The van der Waals surface area contributed by atoms with Gasteiger partial charge in [-0.2, -0.15) is 13.2 Å². The normalized spacial score (nSPS) is 11.4. The lowest BCUT2D eigenvalue weighted by molar-refractivity contribution is -0.137. The van der Waals surface area contributed by atoms with Crippen molar-refractivity contribution < 1.29 is 13.2 Å². The summed E-state index contributed by atoms with van der Waals surface area (Å²) >= 11 is 11.7. The Hall–Kier alpha value is -1.39. The minimum absolute atomic E-state index is 0.236. The molecule has 0 atom stereocenters. The molecule has 1 nitrogen and oxygen atoms in total. The van der Waals surface area contributed by atoms with E-state index in [0.29, 0.717) is 11.6 Å². The molecule has 2 aromatic rings. The average molecular weight is 320 g/mol. The first-order chi connectivity index (χ1) is 9.36. The Kier molecular flexibility index (Phi) is 4.45. The highest BCUT2D eigenvalue weighted by molar-refractivity contribution is 6.33. The van der Waals surface area contributed by atoms with Gasteiger partial charge >= 0.3 is 6.18 Å². The Balaban J connectivity index is 2.17. The van der Waals surface area contributed by atoms with E-state index >= 15 is 0 Å². The summed E-state index contributed by atoms with van der Waals surface area (Å²) in [7, 11) is 0. The van der Waals surface area contributed by atoms with Crippen LogP contribution in [0.5, 0.6) is 0 Å². The Bertz CT molecular complexity index is 612. The van der Waals surface area contributed by atoms with Gasteiger partial charge in [0.2, 0.25) is 0 Å². The van der Waals surface area contributed by atoms with Gasteiger partial charge in [0.1, 0.15) is 0 Å². The van der Waals surface area contributed by atoms with Gasteiger partial charge in [-0.15, -0.1) is 0 Å². The molecule has 1 N–H and O–H groups in total. The van der Waals surface area contributed by atoms with Crippen LogP contribution in [0.15, 0.2) is 42.5 Å². The smallest absolute Gasteiger partial charge is 0.380 e. The molecule has 0 radical (unpaired) electrons. The first-order valence-electron chi connectivity index (χ1n) is 5.71. The van der Waals surface area contributed by atoms with Gasteiger partial charge in [0.05, 0.1) is 16.3 Å². The van der Waals surface area contributed by atoms with E-state index in [1.54, 1.807) is 18.2 Å². The molecule has 2 aromatic carbocycles. The van der Waals surface area contributed by atoms with Crippen LogP contribution in [0.4, 0.5) is 18.9 Å². The maximum Gasteiger partial charge on any atom is 0.416 e. The van der Waals surface area contributed by atoms with Crippen LogP contribution >= 0.6 is 23.2 Å². The van der Waals surface area contributed by atoms with Gasteiger partial charge in [-0.3, -0.25) is 0 Å². The second-order valence-corrected chi connectivity index (χ2v) is 5.02. The summed E-state index contributed by atoms with van der Waals surface area (Å²) in [5.41, 5.74) is 0.350. The van der Waals surface area contributed by atoms with Gasteiger partial charge in [-0.05, 0) is 35.9 Å². The lowest BCUT2D eigenvalue weighted by Gasteiger charge is -2.12. The maximum atomic E-state index is 12.6. The molecule has 0 aromatic heterocycles. The standard InChI is InChI=1S/C14H10Cl2F3N/c15-11-3-1-2-9(6-11)8-20-13-7-10(14(17,18)19)4-5-12(13)16/h1-7,20H,8H2. The number of nitrogens with one attached hydrogen (secondary N) is 1. The highest BCUT2D eigenvalue weighted by Crippen LogP contribution is 2.34. The second-order valence-electron chi connectivity index (χ2n) is 4.18. The number of hydrogen-bond donors (Lipinski definition) is 1. The monoisotopic (exact) mass is 319 g/mol. The van der Waals surface area contributed by atoms with Crippen molar-refractivity contribution in [2.45, 2.75) is 12.7 Å². The third-order valence-electron chi connectivity index (χ3n) is 2.67. The molecule has 106 valence electrons. The summed E-state index contributed by atoms with van der Waals surface area (Å²) in [5.74, 6) is 0. The average Bonchev–Trinajstić information content (AvgIpc) is 2.36. The summed E-state index contributed by atoms with van der Waals surface area (Å²) in [5, 5.41) is 3.68. The van der Waals surface area contributed by atoms with Crippen molar-refractivity contribution in [3.63, 3.8) is 0 Å². The topological polar surface area (TPSA) is 12.0 Å². The summed E-state index contributed by atoms with van der Waals surface area (Å²) in [6.45, 7) is 0.335. The van der Waals surface area contributed by atoms with Crippen LogP contribution in [0.1, 0.15) is 11.1 Å². The number of anilines is 1. The van der Waals surface area contributed by atoms with Crippen molar-refractivity contribution in [3.05, 3.63) is 63.6 Å². The summed E-state index contributed by atoms with van der Waals surface area (Å²) in [4.78, 5) is 0. The van der Waals surface area contributed by atoms with Crippen LogP contribution in [0.3, 0.4) is 0 Å². The zero-order valence-electron chi connectivity index (χ0n) is 10.1. The van der Waals surface area contributed by atoms with E-state index in [2.05, 4.69) is 5.32 Å². The number of alkyl halides is 3. The van der Waals surface area contributed by atoms with E-state index in [4.69, 9.17) is 23.2 Å². The third-order valence-corrected chi connectivity index (χ3v) is 3.23. The number of benzene rings is 2. The van der Waals surface area contributed by atoms with Crippen LogP contribution in [-0.2, 0) is 12.7 Å². The summed E-state index contributed by atoms with van der Waals surface area (Å²) in [6.07, 6.45) is -4.39. The van der Waals surface area contributed by atoms with Crippen LogP contribution < -0.4 is 5.32 Å². The van der Waals surface area contributed by atoms with Crippen LogP contribution in [0.2, 0.25) is 10.0 Å². The van der Waals surface area contributed by atoms with Gasteiger partial charge < -0.3 is 5.32 Å². The quantitative estimate of drug-likeness (QED) is 0.773. The molecular formula is C14H10Cl2F3N. The predicted molar refractivity (Wildman–Crippen MR) is 75.2 cm³/mol. The SMILES string of the molecule is FC(F)(F)c1ccc(Cl)c(NCc2cccc(Cl)c2)c1. The zero-order valence-corrected chi connectivity index (χ0v) is 11.7. The van der Waals surface area contributed by atoms with E-state index in [1.807, 2.05) is 6.07 Å². The minimum Gasteiger partial charge on any atom is -0.380 e. The van der Waals surface area contributed by atoms with Gasteiger partial charge in [-0.25, -0.2) is 0 Å².